The molecule has 2 N–H and O–H groups in total. The van der Waals surface area contributed by atoms with Crippen molar-refractivity contribution < 1.29 is 23.5 Å². The normalized spacial score (nSPS) is 15.6. The van der Waals surface area contributed by atoms with Crippen LogP contribution in [0.15, 0.2) is 62.9 Å². The molecule has 0 bridgehead atoms. The van der Waals surface area contributed by atoms with Crippen LogP contribution in [0.4, 0.5) is 5.69 Å². The first-order valence-electron chi connectivity index (χ1n) is 10.0. The lowest BCUT2D eigenvalue weighted by molar-refractivity contribution is -0.140. The third-order valence-electron chi connectivity index (χ3n) is 4.77. The Bertz CT molecular complexity index is 1170. The van der Waals surface area contributed by atoms with Gasteiger partial charge in [-0.25, -0.2) is 4.79 Å². The largest absolute Gasteiger partial charge is 0.468 e. The second-order valence-electron chi connectivity index (χ2n) is 7.06. The zero-order valence-electron chi connectivity index (χ0n) is 18.3. The van der Waals surface area contributed by atoms with Crippen molar-refractivity contribution in [1.82, 2.24) is 5.32 Å². The van der Waals surface area contributed by atoms with Crippen LogP contribution in [0.25, 0.3) is 0 Å². The SMILES string of the molecule is COCCOC(=O)C1=C(C)NC(SCC(=O)Nc2ccc(Cl)c(Cl)c2)=C(C#N)C1c1ccco1. The minimum Gasteiger partial charge on any atom is -0.468 e. The van der Waals surface area contributed by atoms with E-state index in [-0.39, 0.29) is 36.0 Å². The summed E-state index contributed by atoms with van der Waals surface area (Å²) in [5, 5.41) is 16.9. The van der Waals surface area contributed by atoms with Crippen LogP contribution in [-0.4, -0.2) is 38.0 Å². The zero-order chi connectivity index (χ0) is 24.7. The Morgan fingerprint density at radius 3 is 2.71 bits per heavy atom. The number of furan rings is 1. The van der Waals surface area contributed by atoms with Gasteiger partial charge in [0.25, 0.3) is 0 Å². The standard InChI is InChI=1S/C23H21Cl2N3O5S/c1-13-20(23(30)33-9-8-31-2)21(18-4-3-7-32-18)15(11-26)22(27-13)34-12-19(29)28-14-5-6-16(24)17(25)10-14/h3-7,10,21,27H,8-9,12H2,1-2H3,(H,28,29). The van der Waals surface area contributed by atoms with Crippen LogP contribution in [0.3, 0.4) is 0 Å². The van der Waals surface area contributed by atoms with E-state index in [0.29, 0.717) is 32.2 Å². The summed E-state index contributed by atoms with van der Waals surface area (Å²) in [4.78, 5) is 25.3. The van der Waals surface area contributed by atoms with Crippen LogP contribution in [0.5, 0.6) is 0 Å². The third-order valence-corrected chi connectivity index (χ3v) is 6.52. The summed E-state index contributed by atoms with van der Waals surface area (Å²) < 4.78 is 15.8. The number of ether oxygens (including phenoxy) is 2. The number of halogens is 2. The van der Waals surface area contributed by atoms with Gasteiger partial charge in [0.15, 0.2) is 0 Å². The molecule has 178 valence electrons. The first-order valence-corrected chi connectivity index (χ1v) is 11.8. The molecule has 0 fully saturated rings. The van der Waals surface area contributed by atoms with Gasteiger partial charge in [0.2, 0.25) is 5.91 Å². The Hall–Kier alpha value is -2.90. The minimum absolute atomic E-state index is 0.000464. The monoisotopic (exact) mass is 521 g/mol. The number of thioether (sulfide) groups is 1. The number of methoxy groups -OCH3 is 1. The molecule has 0 saturated carbocycles. The maximum atomic E-state index is 12.8. The van der Waals surface area contributed by atoms with E-state index in [9.17, 15) is 14.9 Å². The van der Waals surface area contributed by atoms with Crippen LogP contribution in [0.1, 0.15) is 18.6 Å². The molecule has 0 aliphatic carbocycles. The number of anilines is 1. The molecule has 1 atom stereocenters. The van der Waals surface area contributed by atoms with Crippen molar-refractivity contribution >= 4 is 52.5 Å². The number of allylic oxidation sites excluding steroid dienone is 2. The molecule has 8 nitrogen and oxygen atoms in total. The minimum atomic E-state index is -0.781. The Kier molecular flexibility index (Phi) is 9.07. The lowest BCUT2D eigenvalue weighted by Gasteiger charge is -2.27. The van der Waals surface area contributed by atoms with Gasteiger partial charge < -0.3 is 24.5 Å². The molecule has 0 spiro atoms. The number of hydrogen-bond donors (Lipinski definition) is 2. The van der Waals surface area contributed by atoms with Crippen molar-refractivity contribution in [3.63, 3.8) is 0 Å². The van der Waals surface area contributed by atoms with E-state index in [4.69, 9.17) is 37.1 Å². The molecule has 1 aromatic heterocycles. The Morgan fingerprint density at radius 1 is 1.26 bits per heavy atom. The highest BCUT2D eigenvalue weighted by molar-refractivity contribution is 8.03. The number of carbonyl (C=O) groups excluding carboxylic acids is 2. The Labute approximate surface area is 210 Å². The topological polar surface area (TPSA) is 114 Å². The second kappa shape index (κ2) is 12.0. The molecule has 0 saturated heterocycles. The van der Waals surface area contributed by atoms with Gasteiger partial charge in [0.1, 0.15) is 12.4 Å². The molecule has 34 heavy (non-hydrogen) atoms. The van der Waals surface area contributed by atoms with Crippen molar-refractivity contribution in [3.8, 4) is 6.07 Å². The first kappa shape index (κ1) is 25.7. The van der Waals surface area contributed by atoms with Crippen LogP contribution in [-0.2, 0) is 19.1 Å². The van der Waals surface area contributed by atoms with E-state index in [1.54, 1.807) is 37.3 Å². The fourth-order valence-electron chi connectivity index (χ4n) is 3.24. The number of rotatable bonds is 9. The van der Waals surface area contributed by atoms with Crippen LogP contribution in [0.2, 0.25) is 10.0 Å². The zero-order valence-corrected chi connectivity index (χ0v) is 20.6. The maximum absolute atomic E-state index is 12.8. The molecule has 1 unspecified atom stereocenters. The summed E-state index contributed by atoms with van der Waals surface area (Å²) in [7, 11) is 1.50. The Balaban J connectivity index is 1.81. The smallest absolute Gasteiger partial charge is 0.336 e. The van der Waals surface area contributed by atoms with E-state index in [1.165, 1.54) is 13.4 Å². The number of esters is 1. The number of amides is 1. The summed E-state index contributed by atoms with van der Waals surface area (Å²) in [6.45, 7) is 2.01. The average Bonchev–Trinajstić information content (AvgIpc) is 3.34. The number of nitrogens with zero attached hydrogens (tertiary/aromatic N) is 1. The van der Waals surface area contributed by atoms with Crippen molar-refractivity contribution in [2.45, 2.75) is 12.8 Å². The molecule has 2 aromatic rings. The second-order valence-corrected chi connectivity index (χ2v) is 8.86. The molecule has 1 aliphatic heterocycles. The quantitative estimate of drug-likeness (QED) is 0.355. The highest BCUT2D eigenvalue weighted by Crippen LogP contribution is 2.41. The predicted molar refractivity (Wildman–Crippen MR) is 130 cm³/mol. The molecular weight excluding hydrogens is 501 g/mol. The number of benzene rings is 1. The van der Waals surface area contributed by atoms with E-state index in [0.717, 1.165) is 11.8 Å². The van der Waals surface area contributed by atoms with Crippen molar-refractivity contribution in [3.05, 3.63) is 74.3 Å². The maximum Gasteiger partial charge on any atom is 0.336 e. The van der Waals surface area contributed by atoms with Gasteiger partial charge in [-0.2, -0.15) is 5.26 Å². The van der Waals surface area contributed by atoms with E-state index >= 15 is 0 Å². The van der Waals surface area contributed by atoms with E-state index in [2.05, 4.69) is 16.7 Å². The average molecular weight is 522 g/mol. The summed E-state index contributed by atoms with van der Waals surface area (Å²) in [6.07, 6.45) is 1.47. The van der Waals surface area contributed by atoms with Gasteiger partial charge in [-0.1, -0.05) is 35.0 Å². The van der Waals surface area contributed by atoms with Gasteiger partial charge in [-0.05, 0) is 37.3 Å². The molecule has 11 heteroatoms. The van der Waals surface area contributed by atoms with Crippen molar-refractivity contribution in [1.29, 1.82) is 5.26 Å². The van der Waals surface area contributed by atoms with Gasteiger partial charge >= 0.3 is 5.97 Å². The highest BCUT2D eigenvalue weighted by atomic mass is 35.5. The van der Waals surface area contributed by atoms with Crippen LogP contribution in [0, 0.1) is 11.3 Å². The molecule has 0 radical (unpaired) electrons. The number of dihydropyridines is 1. The fourth-order valence-corrected chi connectivity index (χ4v) is 4.43. The molecular formula is C23H21Cl2N3O5S. The van der Waals surface area contributed by atoms with Crippen LogP contribution < -0.4 is 10.6 Å². The number of nitrogens with one attached hydrogen (secondary N) is 2. The lowest BCUT2D eigenvalue weighted by Crippen LogP contribution is -2.29. The Morgan fingerprint density at radius 2 is 2.06 bits per heavy atom. The molecule has 1 aromatic carbocycles. The first-order chi connectivity index (χ1) is 16.3. The lowest BCUT2D eigenvalue weighted by atomic mass is 9.86. The molecule has 1 aliphatic rings. The summed E-state index contributed by atoms with van der Waals surface area (Å²) >= 11 is 13.0. The van der Waals surface area contributed by atoms with Gasteiger partial charge in [0.05, 0.1) is 56.8 Å². The number of carbonyl (C=O) groups is 2. The molecule has 3 rings (SSSR count). The number of hydrogen-bond acceptors (Lipinski definition) is 8. The fraction of sp³-hybridized carbons (Fsp3) is 0.261. The number of nitriles is 1. The van der Waals surface area contributed by atoms with E-state index in [1.807, 2.05) is 0 Å². The van der Waals surface area contributed by atoms with Crippen molar-refractivity contribution in [2.75, 3.05) is 31.4 Å². The summed E-state index contributed by atoms with van der Waals surface area (Å²) in [6, 6.07) is 10.3. The van der Waals surface area contributed by atoms with Gasteiger partial charge in [-0.3, -0.25) is 4.79 Å². The summed E-state index contributed by atoms with van der Waals surface area (Å²) in [5.74, 6) is -1.26. The molecule has 2 heterocycles. The van der Waals surface area contributed by atoms with Gasteiger partial charge in [-0.15, -0.1) is 0 Å². The van der Waals surface area contributed by atoms with Crippen LogP contribution >= 0.6 is 35.0 Å². The summed E-state index contributed by atoms with van der Waals surface area (Å²) in [5.41, 5.74) is 1.49. The van der Waals surface area contributed by atoms with Crippen molar-refractivity contribution in [2.24, 2.45) is 0 Å². The third kappa shape index (κ3) is 6.15. The highest BCUT2D eigenvalue weighted by Gasteiger charge is 2.37. The van der Waals surface area contributed by atoms with Gasteiger partial charge in [0, 0.05) is 18.5 Å². The van der Waals surface area contributed by atoms with E-state index < -0.39 is 11.9 Å². The molecule has 1 amide bonds. The predicted octanol–water partition coefficient (Wildman–Crippen LogP) is 4.84.